The van der Waals surface area contributed by atoms with Gasteiger partial charge in [0.05, 0.1) is 5.41 Å². The van der Waals surface area contributed by atoms with Crippen molar-refractivity contribution in [3.63, 3.8) is 0 Å². The number of allylic oxidation sites excluding steroid dienone is 4. The van der Waals surface area contributed by atoms with Gasteiger partial charge in [-0.1, -0.05) is 18.2 Å². The number of hydrogen-bond acceptors (Lipinski definition) is 1. The zero-order chi connectivity index (χ0) is 6.60. The average molecular weight is 129 g/mol. The van der Waals surface area contributed by atoms with Gasteiger partial charge in [0.25, 0.3) is 0 Å². The lowest BCUT2D eigenvalue weighted by atomic mass is 9.95. The van der Waals surface area contributed by atoms with Crippen molar-refractivity contribution in [2.75, 3.05) is 0 Å². The molecule has 0 radical (unpaired) electrons. The molecule has 0 aromatic rings. The summed E-state index contributed by atoms with van der Waals surface area (Å²) in [4.78, 5) is 0. The number of hydrogen-bond donors (Lipinski definition) is 1. The maximum Gasteiger partial charge on any atom is 0.0733 e. The highest BCUT2D eigenvalue weighted by Gasteiger charge is 2.46. The third-order valence-electron chi connectivity index (χ3n) is 2.35. The van der Waals surface area contributed by atoms with E-state index in [0.29, 0.717) is 0 Å². The van der Waals surface area contributed by atoms with Gasteiger partial charge < -0.3 is 5.32 Å². The van der Waals surface area contributed by atoms with E-state index in [1.165, 1.54) is 11.3 Å². The molecule has 48 valence electrons. The van der Waals surface area contributed by atoms with E-state index in [4.69, 9.17) is 0 Å². The third-order valence-corrected chi connectivity index (χ3v) is 2.35. The zero-order valence-corrected chi connectivity index (χ0v) is 5.46. The minimum atomic E-state index is 0.231. The van der Waals surface area contributed by atoms with Crippen LogP contribution in [0.5, 0.6) is 0 Å². The van der Waals surface area contributed by atoms with Crippen molar-refractivity contribution in [2.45, 2.75) is 0 Å². The molecule has 0 saturated heterocycles. The first kappa shape index (κ1) is 4.56. The summed E-state index contributed by atoms with van der Waals surface area (Å²) in [6, 6.07) is 0. The summed E-state index contributed by atoms with van der Waals surface area (Å²) in [5.41, 5.74) is 2.98. The summed E-state index contributed by atoms with van der Waals surface area (Å²) in [7, 11) is 0. The van der Waals surface area contributed by atoms with Crippen LogP contribution in [0.4, 0.5) is 0 Å². The second kappa shape index (κ2) is 1.12. The summed E-state index contributed by atoms with van der Waals surface area (Å²) >= 11 is 0. The molecule has 1 heteroatoms. The lowest BCUT2D eigenvalue weighted by molar-refractivity contribution is 0.822. The van der Waals surface area contributed by atoms with E-state index in [2.05, 4.69) is 35.7 Å². The predicted octanol–water partition coefficient (Wildman–Crippen LogP) is 1.48. The molecule has 1 spiro atoms. The maximum atomic E-state index is 3.22. The molecule has 0 fully saturated rings. The fraction of sp³-hybridized carbons (Fsp3) is 0.111. The molecule has 0 bridgehead atoms. The Morgan fingerprint density at radius 1 is 1.40 bits per heavy atom. The average Bonchev–Trinajstić information content (AvgIpc) is 2.51. The van der Waals surface area contributed by atoms with Crippen molar-refractivity contribution < 1.29 is 0 Å². The molecule has 1 N–H and O–H groups in total. The van der Waals surface area contributed by atoms with Gasteiger partial charge in [-0.15, -0.1) is 0 Å². The Kier molecular flexibility index (Phi) is 0.512. The van der Waals surface area contributed by atoms with Crippen LogP contribution in [0.2, 0.25) is 0 Å². The van der Waals surface area contributed by atoms with Crippen LogP contribution in [0.15, 0.2) is 47.9 Å². The topological polar surface area (TPSA) is 12.0 Å². The molecule has 0 aromatic heterocycles. The first-order valence-corrected chi connectivity index (χ1v) is 3.48. The van der Waals surface area contributed by atoms with E-state index in [-0.39, 0.29) is 5.41 Å². The van der Waals surface area contributed by atoms with Gasteiger partial charge in [-0.2, -0.15) is 0 Å². The molecule has 0 amide bonds. The van der Waals surface area contributed by atoms with Gasteiger partial charge in [0.2, 0.25) is 0 Å². The van der Waals surface area contributed by atoms with Crippen LogP contribution >= 0.6 is 0 Å². The molecule has 1 unspecified atom stereocenters. The van der Waals surface area contributed by atoms with E-state index < -0.39 is 0 Å². The Morgan fingerprint density at radius 2 is 2.40 bits per heavy atom. The van der Waals surface area contributed by atoms with E-state index in [1.54, 1.807) is 0 Å². The number of nitrogens with one attached hydrogen (secondary N) is 1. The molecular formula is C9H7N. The molecule has 2 aliphatic carbocycles. The standard InChI is InChI=1S/C9H7N/c1-2-7-6-9(7)4-5-10-8(9)3-1/h1-6,10H. The summed E-state index contributed by atoms with van der Waals surface area (Å²) in [6.45, 7) is 0. The van der Waals surface area contributed by atoms with Crippen LogP contribution in [0.3, 0.4) is 0 Å². The molecular weight excluding hydrogens is 122 g/mol. The quantitative estimate of drug-likeness (QED) is 0.522. The minimum absolute atomic E-state index is 0.231. The van der Waals surface area contributed by atoms with Gasteiger partial charge in [-0.25, -0.2) is 0 Å². The Labute approximate surface area is 59.4 Å². The van der Waals surface area contributed by atoms with Gasteiger partial charge in [0, 0.05) is 5.70 Å². The van der Waals surface area contributed by atoms with Crippen LogP contribution in [0.1, 0.15) is 0 Å². The normalized spacial score (nSPS) is 37.6. The molecule has 3 rings (SSSR count). The SMILES string of the molecule is C1=CC2=CC23C=CNC3=C1. The van der Waals surface area contributed by atoms with Gasteiger partial charge in [0.15, 0.2) is 0 Å². The molecule has 3 aliphatic rings. The predicted molar refractivity (Wildman–Crippen MR) is 40.0 cm³/mol. The maximum absolute atomic E-state index is 3.22. The molecule has 10 heavy (non-hydrogen) atoms. The molecule has 1 heterocycles. The van der Waals surface area contributed by atoms with Crippen molar-refractivity contribution in [3.8, 4) is 0 Å². The Bertz CT molecular complexity index is 318. The fourth-order valence-corrected chi connectivity index (χ4v) is 1.68. The monoisotopic (exact) mass is 129 g/mol. The van der Waals surface area contributed by atoms with Crippen molar-refractivity contribution in [2.24, 2.45) is 5.41 Å². The zero-order valence-electron chi connectivity index (χ0n) is 5.46. The van der Waals surface area contributed by atoms with Gasteiger partial charge in [-0.3, -0.25) is 0 Å². The molecule has 1 aliphatic heterocycles. The summed E-state index contributed by atoms with van der Waals surface area (Å²) < 4.78 is 0. The lowest BCUT2D eigenvalue weighted by Gasteiger charge is -2.12. The second-order valence-electron chi connectivity index (χ2n) is 2.89. The third kappa shape index (κ3) is 0.313. The fourth-order valence-electron chi connectivity index (χ4n) is 1.68. The van der Waals surface area contributed by atoms with Crippen molar-refractivity contribution in [1.82, 2.24) is 5.32 Å². The van der Waals surface area contributed by atoms with Crippen LogP contribution in [-0.4, -0.2) is 0 Å². The minimum Gasteiger partial charge on any atom is -0.364 e. The summed E-state index contributed by atoms with van der Waals surface area (Å²) in [6.07, 6.45) is 12.9. The lowest BCUT2D eigenvalue weighted by Crippen LogP contribution is -2.11. The van der Waals surface area contributed by atoms with Gasteiger partial charge >= 0.3 is 0 Å². The highest BCUT2D eigenvalue weighted by Crippen LogP contribution is 2.54. The Morgan fingerprint density at radius 3 is 3.30 bits per heavy atom. The van der Waals surface area contributed by atoms with Crippen LogP contribution < -0.4 is 5.32 Å². The Hall–Kier alpha value is -1.24. The molecule has 1 nitrogen and oxygen atoms in total. The highest BCUT2D eigenvalue weighted by molar-refractivity contribution is 5.65. The smallest absolute Gasteiger partial charge is 0.0733 e. The van der Waals surface area contributed by atoms with Gasteiger partial charge in [-0.05, 0) is 23.9 Å². The van der Waals surface area contributed by atoms with Crippen molar-refractivity contribution in [3.05, 3.63) is 47.9 Å². The van der Waals surface area contributed by atoms with Crippen LogP contribution in [0.25, 0.3) is 0 Å². The highest BCUT2D eigenvalue weighted by atomic mass is 14.9. The van der Waals surface area contributed by atoms with Crippen molar-refractivity contribution in [1.29, 1.82) is 0 Å². The van der Waals surface area contributed by atoms with Crippen molar-refractivity contribution >= 4 is 0 Å². The summed E-state index contributed by atoms with van der Waals surface area (Å²) in [5, 5.41) is 3.22. The van der Waals surface area contributed by atoms with E-state index in [9.17, 15) is 0 Å². The van der Waals surface area contributed by atoms with E-state index in [0.717, 1.165) is 0 Å². The van der Waals surface area contributed by atoms with Crippen LogP contribution in [-0.2, 0) is 0 Å². The number of rotatable bonds is 0. The largest absolute Gasteiger partial charge is 0.364 e. The van der Waals surface area contributed by atoms with E-state index in [1.807, 2.05) is 6.20 Å². The molecule has 0 saturated carbocycles. The Balaban J connectivity index is 2.22. The van der Waals surface area contributed by atoms with Gasteiger partial charge in [0.1, 0.15) is 0 Å². The molecule has 1 atom stereocenters. The molecule has 0 aromatic carbocycles. The van der Waals surface area contributed by atoms with Crippen LogP contribution in [0, 0.1) is 5.41 Å². The second-order valence-corrected chi connectivity index (χ2v) is 2.89. The summed E-state index contributed by atoms with van der Waals surface area (Å²) in [5.74, 6) is 0. The van der Waals surface area contributed by atoms with E-state index >= 15 is 0 Å². The first-order chi connectivity index (χ1) is 4.92. The first-order valence-electron chi connectivity index (χ1n) is 3.48.